The Morgan fingerprint density at radius 3 is 2.27 bits per heavy atom. The highest BCUT2D eigenvalue weighted by Crippen LogP contribution is 2.38. The lowest BCUT2D eigenvalue weighted by molar-refractivity contribution is -0.0817. The molecule has 3 nitrogen and oxygen atoms in total. The van der Waals surface area contributed by atoms with Crippen LogP contribution in [-0.4, -0.2) is 15.3 Å². The van der Waals surface area contributed by atoms with E-state index in [2.05, 4.69) is 6.92 Å². The minimum atomic E-state index is -2.00. The smallest absolute Gasteiger partial charge is 0.245 e. The highest BCUT2D eigenvalue weighted by molar-refractivity contribution is 7.99. The number of benzene rings is 3. The molecule has 30 heavy (non-hydrogen) atoms. The molecule has 160 valence electrons. The number of fused-ring (bicyclic) bond motifs is 1. The Morgan fingerprint density at radius 2 is 1.50 bits per heavy atom. The monoisotopic (exact) mass is 424 g/mol. The number of hydrogen-bond donors (Lipinski definition) is 3. The van der Waals surface area contributed by atoms with E-state index in [0.717, 1.165) is 45.8 Å². The fraction of sp³-hybridized carbons (Fsp3) is 0.385. The standard InChI is InChI=1S/C26H32O3S/c1-2-3-4-5-6-10-13-25(27)21-15-14-20-16-17-24(19-22(20)18-21)30-26(28,29)23-11-8-7-9-12-23/h7-9,11-12,14-19,25,27-29H,2-6,10,13H2,1H3. The summed E-state index contributed by atoms with van der Waals surface area (Å²) in [5.41, 5.74) is 1.36. The molecule has 0 spiro atoms. The average molecular weight is 425 g/mol. The van der Waals surface area contributed by atoms with Crippen molar-refractivity contribution in [3.8, 4) is 0 Å². The molecule has 0 aliphatic rings. The summed E-state index contributed by atoms with van der Waals surface area (Å²) in [6, 6.07) is 20.7. The molecule has 3 rings (SSSR count). The van der Waals surface area contributed by atoms with Gasteiger partial charge in [-0.25, -0.2) is 0 Å². The van der Waals surface area contributed by atoms with E-state index in [1.165, 1.54) is 32.1 Å². The van der Waals surface area contributed by atoms with Crippen molar-refractivity contribution < 1.29 is 15.3 Å². The number of aliphatic hydroxyl groups is 3. The molecular weight excluding hydrogens is 392 g/mol. The molecular formula is C26H32O3S. The molecule has 0 heterocycles. The zero-order chi connectivity index (χ0) is 21.4. The largest absolute Gasteiger partial charge is 0.388 e. The predicted octanol–water partition coefficient (Wildman–Crippen LogP) is 6.51. The van der Waals surface area contributed by atoms with Gasteiger partial charge in [-0.1, -0.05) is 106 Å². The number of aliphatic hydroxyl groups excluding tert-OH is 1. The van der Waals surface area contributed by atoms with Gasteiger partial charge in [0.2, 0.25) is 5.12 Å². The Labute approximate surface area is 183 Å². The van der Waals surface area contributed by atoms with E-state index in [9.17, 15) is 15.3 Å². The Hall–Kier alpha value is -1.85. The summed E-state index contributed by atoms with van der Waals surface area (Å²) in [6.07, 6.45) is 7.58. The van der Waals surface area contributed by atoms with Crippen LogP contribution in [0, 0.1) is 0 Å². The van der Waals surface area contributed by atoms with Crippen LogP contribution in [0.3, 0.4) is 0 Å². The second-order valence-electron chi connectivity index (χ2n) is 7.92. The molecule has 0 saturated heterocycles. The average Bonchev–Trinajstić information content (AvgIpc) is 2.76. The molecule has 1 atom stereocenters. The van der Waals surface area contributed by atoms with Crippen LogP contribution in [0.5, 0.6) is 0 Å². The van der Waals surface area contributed by atoms with Crippen LogP contribution in [0.1, 0.15) is 69.1 Å². The first-order valence-corrected chi connectivity index (χ1v) is 11.7. The fourth-order valence-corrected chi connectivity index (χ4v) is 4.58. The van der Waals surface area contributed by atoms with Gasteiger partial charge in [0.15, 0.2) is 0 Å². The first-order chi connectivity index (χ1) is 14.5. The van der Waals surface area contributed by atoms with Gasteiger partial charge in [0.05, 0.1) is 6.10 Å². The molecule has 0 aromatic heterocycles. The molecule has 0 amide bonds. The summed E-state index contributed by atoms with van der Waals surface area (Å²) in [6.45, 7) is 2.22. The number of hydrogen-bond acceptors (Lipinski definition) is 4. The van der Waals surface area contributed by atoms with Gasteiger partial charge in [-0.15, -0.1) is 0 Å². The summed E-state index contributed by atoms with van der Waals surface area (Å²) in [4.78, 5) is 0.763. The van der Waals surface area contributed by atoms with Crippen molar-refractivity contribution in [2.45, 2.75) is 68.0 Å². The van der Waals surface area contributed by atoms with Crippen molar-refractivity contribution in [3.63, 3.8) is 0 Å². The Balaban J connectivity index is 1.67. The van der Waals surface area contributed by atoms with Crippen molar-refractivity contribution >= 4 is 22.5 Å². The van der Waals surface area contributed by atoms with Gasteiger partial charge < -0.3 is 15.3 Å². The van der Waals surface area contributed by atoms with Gasteiger partial charge in [0, 0.05) is 10.5 Å². The van der Waals surface area contributed by atoms with Gasteiger partial charge in [-0.3, -0.25) is 0 Å². The zero-order valence-electron chi connectivity index (χ0n) is 17.6. The summed E-state index contributed by atoms with van der Waals surface area (Å²) >= 11 is 1.000. The van der Waals surface area contributed by atoms with E-state index in [4.69, 9.17) is 0 Å². The van der Waals surface area contributed by atoms with E-state index < -0.39 is 11.2 Å². The number of unbranched alkanes of at least 4 members (excludes halogenated alkanes) is 5. The van der Waals surface area contributed by atoms with Crippen LogP contribution >= 0.6 is 11.8 Å². The van der Waals surface area contributed by atoms with E-state index in [0.29, 0.717) is 5.56 Å². The molecule has 0 aliphatic heterocycles. The zero-order valence-corrected chi connectivity index (χ0v) is 18.4. The quantitative estimate of drug-likeness (QED) is 0.186. The third-order valence-electron chi connectivity index (χ3n) is 5.46. The maximum absolute atomic E-state index is 10.6. The van der Waals surface area contributed by atoms with Gasteiger partial charge >= 0.3 is 0 Å². The number of rotatable bonds is 11. The van der Waals surface area contributed by atoms with Gasteiger partial charge in [-0.05, 0) is 41.0 Å². The first-order valence-electron chi connectivity index (χ1n) is 10.9. The molecule has 1 unspecified atom stereocenters. The normalized spacial score (nSPS) is 12.9. The van der Waals surface area contributed by atoms with Crippen LogP contribution < -0.4 is 0 Å². The lowest BCUT2D eigenvalue weighted by Crippen LogP contribution is -2.19. The lowest BCUT2D eigenvalue weighted by atomic mass is 9.99. The third-order valence-corrected chi connectivity index (χ3v) is 6.47. The molecule has 3 aromatic carbocycles. The van der Waals surface area contributed by atoms with Gasteiger partial charge in [0.25, 0.3) is 0 Å². The fourth-order valence-electron chi connectivity index (χ4n) is 3.68. The first kappa shape index (κ1) is 22.8. The molecule has 0 fully saturated rings. The van der Waals surface area contributed by atoms with E-state index in [1.807, 2.05) is 42.5 Å². The Morgan fingerprint density at radius 1 is 0.800 bits per heavy atom. The second-order valence-corrected chi connectivity index (χ2v) is 9.16. The van der Waals surface area contributed by atoms with Gasteiger partial charge in [0.1, 0.15) is 0 Å². The van der Waals surface area contributed by atoms with Crippen LogP contribution in [0.15, 0.2) is 71.6 Å². The molecule has 0 radical (unpaired) electrons. The van der Waals surface area contributed by atoms with Crippen molar-refractivity contribution in [2.24, 2.45) is 0 Å². The minimum absolute atomic E-state index is 0.443. The highest BCUT2D eigenvalue weighted by atomic mass is 32.2. The maximum Gasteiger partial charge on any atom is 0.245 e. The van der Waals surface area contributed by atoms with Crippen LogP contribution in [0.2, 0.25) is 0 Å². The van der Waals surface area contributed by atoms with Crippen LogP contribution in [0.25, 0.3) is 10.8 Å². The molecule has 0 aliphatic carbocycles. The number of thioether (sulfide) groups is 1. The van der Waals surface area contributed by atoms with Crippen molar-refractivity contribution in [3.05, 3.63) is 77.9 Å². The highest BCUT2D eigenvalue weighted by Gasteiger charge is 2.27. The van der Waals surface area contributed by atoms with E-state index in [1.54, 1.807) is 24.3 Å². The lowest BCUT2D eigenvalue weighted by Gasteiger charge is -2.21. The molecule has 3 N–H and O–H groups in total. The van der Waals surface area contributed by atoms with E-state index in [-0.39, 0.29) is 0 Å². The van der Waals surface area contributed by atoms with Crippen LogP contribution in [0.4, 0.5) is 0 Å². The van der Waals surface area contributed by atoms with Crippen LogP contribution in [-0.2, 0) is 5.12 Å². The van der Waals surface area contributed by atoms with Crippen molar-refractivity contribution in [1.29, 1.82) is 0 Å². The van der Waals surface area contributed by atoms with Crippen molar-refractivity contribution in [1.82, 2.24) is 0 Å². The molecule has 0 saturated carbocycles. The van der Waals surface area contributed by atoms with Gasteiger partial charge in [-0.2, -0.15) is 0 Å². The summed E-state index contributed by atoms with van der Waals surface area (Å²) in [7, 11) is 0. The van der Waals surface area contributed by atoms with Crippen molar-refractivity contribution in [2.75, 3.05) is 0 Å². The minimum Gasteiger partial charge on any atom is -0.388 e. The molecule has 0 bridgehead atoms. The molecule has 3 aromatic rings. The topological polar surface area (TPSA) is 60.7 Å². The molecule has 4 heteroatoms. The Kier molecular flexibility index (Phi) is 8.34. The summed E-state index contributed by atoms with van der Waals surface area (Å²) in [5, 5.41) is 31.7. The third kappa shape index (κ3) is 6.32. The maximum atomic E-state index is 10.6. The second kappa shape index (κ2) is 11.0. The Bertz CT molecular complexity index is 924. The summed E-state index contributed by atoms with van der Waals surface area (Å²) in [5.74, 6) is 0. The summed E-state index contributed by atoms with van der Waals surface area (Å²) < 4.78 is 0. The van der Waals surface area contributed by atoms with E-state index >= 15 is 0 Å². The SMILES string of the molecule is CCCCCCCCC(O)c1ccc2ccc(SC(O)(O)c3ccccc3)cc2c1. The predicted molar refractivity (Wildman–Crippen MR) is 125 cm³/mol.